The zero-order chi connectivity index (χ0) is 12.3. The maximum Gasteiger partial charge on any atom is 0.435 e. The van der Waals surface area contributed by atoms with E-state index in [1.165, 1.54) is 0 Å². The van der Waals surface area contributed by atoms with Gasteiger partial charge in [0.05, 0.1) is 12.6 Å². The van der Waals surface area contributed by atoms with E-state index in [1.807, 2.05) is 6.92 Å². The van der Waals surface area contributed by atoms with Crippen molar-refractivity contribution in [2.75, 3.05) is 6.61 Å². The van der Waals surface area contributed by atoms with Gasteiger partial charge in [0.15, 0.2) is 0 Å². The Morgan fingerprint density at radius 2 is 2.12 bits per heavy atom. The number of amides is 1. The van der Waals surface area contributed by atoms with E-state index in [-0.39, 0.29) is 12.6 Å². The van der Waals surface area contributed by atoms with Crippen LogP contribution in [0.4, 0.5) is 4.79 Å². The van der Waals surface area contributed by atoms with Gasteiger partial charge in [0.1, 0.15) is 11.7 Å². The second kappa shape index (κ2) is 4.84. The number of nitrogens with zero attached hydrogens (tertiary/aromatic N) is 1. The summed E-state index contributed by atoms with van der Waals surface area (Å²) in [6.45, 7) is 7.02. The molecule has 2 atom stereocenters. The summed E-state index contributed by atoms with van der Waals surface area (Å²) in [5, 5.41) is 10.1. The molecule has 0 saturated carbocycles. The summed E-state index contributed by atoms with van der Waals surface area (Å²) in [6.07, 6.45) is 2.51. The summed E-state index contributed by atoms with van der Waals surface area (Å²) in [5.74, 6) is 0. The Kier molecular flexibility index (Phi) is 3.93. The second-order valence-corrected chi connectivity index (χ2v) is 4.76. The Morgan fingerprint density at radius 3 is 2.62 bits per heavy atom. The highest BCUT2D eigenvalue weighted by Crippen LogP contribution is 2.17. The van der Waals surface area contributed by atoms with Gasteiger partial charge in [0, 0.05) is 0 Å². The van der Waals surface area contributed by atoms with Gasteiger partial charge in [-0.2, -0.15) is 5.06 Å². The molecule has 0 aromatic heterocycles. The van der Waals surface area contributed by atoms with Gasteiger partial charge in [-0.05, 0) is 27.7 Å². The van der Waals surface area contributed by atoms with E-state index in [4.69, 9.17) is 14.7 Å². The molecule has 16 heavy (non-hydrogen) atoms. The van der Waals surface area contributed by atoms with Crippen molar-refractivity contribution in [1.29, 1.82) is 0 Å². The van der Waals surface area contributed by atoms with Crippen LogP contribution in [0.2, 0.25) is 0 Å². The Labute approximate surface area is 95.6 Å². The normalized spacial score (nSPS) is 25.7. The van der Waals surface area contributed by atoms with Crippen molar-refractivity contribution in [2.45, 2.75) is 45.4 Å². The molecule has 1 amide bonds. The zero-order valence-corrected chi connectivity index (χ0v) is 10.1. The lowest BCUT2D eigenvalue weighted by Crippen LogP contribution is -2.46. The largest absolute Gasteiger partial charge is 0.442 e. The van der Waals surface area contributed by atoms with Crippen molar-refractivity contribution < 1.29 is 19.5 Å². The molecule has 1 aliphatic heterocycles. The lowest BCUT2D eigenvalue weighted by Gasteiger charge is -2.33. The molecule has 0 spiro atoms. The smallest absolute Gasteiger partial charge is 0.435 e. The Bertz CT molecular complexity index is 282. The molecule has 1 heterocycles. The molecule has 0 aliphatic carbocycles. The first-order chi connectivity index (χ1) is 7.33. The number of aliphatic hydroxyl groups is 1. The van der Waals surface area contributed by atoms with Crippen molar-refractivity contribution in [3.63, 3.8) is 0 Å². The average molecular weight is 229 g/mol. The fourth-order valence-electron chi connectivity index (χ4n) is 1.25. The molecule has 1 rings (SSSR count). The highest BCUT2D eigenvalue weighted by molar-refractivity contribution is 5.67. The van der Waals surface area contributed by atoms with Gasteiger partial charge >= 0.3 is 6.09 Å². The lowest BCUT2D eigenvalue weighted by atomic mass is 10.2. The predicted octanol–water partition coefficient (Wildman–Crippen LogP) is 1.47. The number of hydroxylamine groups is 2. The van der Waals surface area contributed by atoms with Crippen LogP contribution < -0.4 is 0 Å². The molecule has 5 nitrogen and oxygen atoms in total. The highest BCUT2D eigenvalue weighted by Gasteiger charge is 2.30. The maximum atomic E-state index is 11.7. The van der Waals surface area contributed by atoms with Crippen molar-refractivity contribution in [2.24, 2.45) is 0 Å². The number of hydrogen-bond acceptors (Lipinski definition) is 4. The van der Waals surface area contributed by atoms with E-state index in [2.05, 4.69) is 0 Å². The third-order valence-corrected chi connectivity index (χ3v) is 1.98. The summed E-state index contributed by atoms with van der Waals surface area (Å²) in [7, 11) is 0. The molecular formula is C11H19NO4. The molecule has 1 aliphatic rings. The Hall–Kier alpha value is -1.07. The van der Waals surface area contributed by atoms with Gasteiger partial charge in [-0.1, -0.05) is 12.2 Å². The summed E-state index contributed by atoms with van der Waals surface area (Å²) in [5.41, 5.74) is -0.559. The molecule has 0 saturated heterocycles. The van der Waals surface area contributed by atoms with E-state index >= 15 is 0 Å². The van der Waals surface area contributed by atoms with Crippen LogP contribution in [0.5, 0.6) is 0 Å². The molecule has 92 valence electrons. The summed E-state index contributed by atoms with van der Waals surface area (Å²) in [6, 6.07) is -0.197. The zero-order valence-electron chi connectivity index (χ0n) is 10.1. The van der Waals surface area contributed by atoms with Crippen LogP contribution in [0.3, 0.4) is 0 Å². The molecule has 0 fully saturated rings. The van der Waals surface area contributed by atoms with Gasteiger partial charge in [0.25, 0.3) is 0 Å². The summed E-state index contributed by atoms with van der Waals surface area (Å²) in [4.78, 5) is 17.0. The van der Waals surface area contributed by atoms with Crippen LogP contribution in [-0.4, -0.2) is 40.6 Å². The molecular weight excluding hydrogens is 210 g/mol. The number of rotatable bonds is 1. The maximum absolute atomic E-state index is 11.7. The first-order valence-electron chi connectivity index (χ1n) is 5.31. The molecule has 0 radical (unpaired) electrons. The minimum absolute atomic E-state index is 0.164. The third-order valence-electron chi connectivity index (χ3n) is 1.98. The van der Waals surface area contributed by atoms with Gasteiger partial charge in [0.2, 0.25) is 0 Å². The Balaban J connectivity index is 2.65. The van der Waals surface area contributed by atoms with E-state index in [9.17, 15) is 4.79 Å². The van der Waals surface area contributed by atoms with Gasteiger partial charge in [-0.25, -0.2) is 4.79 Å². The van der Waals surface area contributed by atoms with Crippen molar-refractivity contribution in [3.8, 4) is 0 Å². The minimum atomic E-state index is -0.559. The number of aliphatic hydroxyl groups excluding tert-OH is 1. The van der Waals surface area contributed by atoms with Crippen molar-refractivity contribution in [1.82, 2.24) is 5.06 Å². The summed E-state index contributed by atoms with van der Waals surface area (Å²) < 4.78 is 5.19. The SMILES string of the molecule is C[C@@H]1C=C[C@H](CO)ON1C(=O)OC(C)(C)C. The van der Waals surface area contributed by atoms with Gasteiger partial charge < -0.3 is 9.84 Å². The first-order valence-corrected chi connectivity index (χ1v) is 5.31. The average Bonchev–Trinajstić information content (AvgIpc) is 2.15. The Morgan fingerprint density at radius 1 is 1.50 bits per heavy atom. The van der Waals surface area contributed by atoms with E-state index in [0.29, 0.717) is 0 Å². The fraction of sp³-hybridized carbons (Fsp3) is 0.727. The summed E-state index contributed by atoms with van der Waals surface area (Å²) >= 11 is 0. The second-order valence-electron chi connectivity index (χ2n) is 4.76. The first kappa shape index (κ1) is 13.0. The van der Waals surface area contributed by atoms with Gasteiger partial charge in [-0.15, -0.1) is 0 Å². The predicted molar refractivity (Wildman–Crippen MR) is 58.6 cm³/mol. The van der Waals surface area contributed by atoms with Crippen LogP contribution in [0, 0.1) is 0 Å². The quantitative estimate of drug-likeness (QED) is 0.692. The van der Waals surface area contributed by atoms with E-state index in [1.54, 1.807) is 32.9 Å². The van der Waals surface area contributed by atoms with Crippen LogP contribution in [0.15, 0.2) is 12.2 Å². The fourth-order valence-corrected chi connectivity index (χ4v) is 1.25. The van der Waals surface area contributed by atoms with E-state index in [0.717, 1.165) is 5.06 Å². The molecule has 0 bridgehead atoms. The third kappa shape index (κ3) is 3.50. The number of ether oxygens (including phenoxy) is 1. The lowest BCUT2D eigenvalue weighted by molar-refractivity contribution is -0.194. The molecule has 0 unspecified atom stereocenters. The highest BCUT2D eigenvalue weighted by atomic mass is 16.7. The van der Waals surface area contributed by atoms with Crippen LogP contribution in [0.25, 0.3) is 0 Å². The topological polar surface area (TPSA) is 59.0 Å². The standard InChI is InChI=1S/C11H19NO4/c1-8-5-6-9(7-13)16-12(8)10(14)15-11(2,3)4/h5-6,8-9,13H,7H2,1-4H3/t8-,9-/m1/s1. The van der Waals surface area contributed by atoms with E-state index < -0.39 is 17.8 Å². The molecule has 1 N–H and O–H groups in total. The van der Waals surface area contributed by atoms with Crippen molar-refractivity contribution in [3.05, 3.63) is 12.2 Å². The number of hydrogen-bond donors (Lipinski definition) is 1. The van der Waals surface area contributed by atoms with Crippen LogP contribution in [-0.2, 0) is 9.57 Å². The van der Waals surface area contributed by atoms with Crippen LogP contribution >= 0.6 is 0 Å². The molecule has 5 heteroatoms. The molecule has 0 aromatic carbocycles. The number of carbonyl (C=O) groups is 1. The number of carbonyl (C=O) groups excluding carboxylic acids is 1. The van der Waals surface area contributed by atoms with Crippen LogP contribution in [0.1, 0.15) is 27.7 Å². The van der Waals surface area contributed by atoms with Gasteiger partial charge in [-0.3, -0.25) is 4.84 Å². The molecule has 0 aromatic rings. The minimum Gasteiger partial charge on any atom is -0.442 e. The van der Waals surface area contributed by atoms with Crippen molar-refractivity contribution >= 4 is 6.09 Å². The monoisotopic (exact) mass is 229 g/mol.